The number of aliphatic imine (C=N–C) groups is 2. The smallest absolute Gasteiger partial charge is 0.0407 e. The SMILES string of the molecule is CCN(CC)c1ccc(C=NCCCN=Cc2ccc(N(CC)CC)cc2)cc1. The monoisotopic (exact) mass is 392 g/mol. The third-order valence-electron chi connectivity index (χ3n) is 5.10. The topological polar surface area (TPSA) is 31.2 Å². The van der Waals surface area contributed by atoms with Crippen molar-refractivity contribution in [2.75, 3.05) is 49.1 Å². The Bertz CT molecular complexity index is 674. The molecule has 0 saturated carbocycles. The molecular weight excluding hydrogens is 356 g/mol. The van der Waals surface area contributed by atoms with Crippen molar-refractivity contribution in [3.63, 3.8) is 0 Å². The minimum atomic E-state index is 0.802. The van der Waals surface area contributed by atoms with Gasteiger partial charge >= 0.3 is 0 Å². The van der Waals surface area contributed by atoms with Gasteiger partial charge in [-0.25, -0.2) is 0 Å². The van der Waals surface area contributed by atoms with E-state index in [1.807, 2.05) is 12.4 Å². The average Bonchev–Trinajstić information content (AvgIpc) is 2.77. The Kier molecular flexibility index (Phi) is 9.98. The fraction of sp³-hybridized carbons (Fsp3) is 0.440. The minimum absolute atomic E-state index is 0.802. The van der Waals surface area contributed by atoms with Gasteiger partial charge in [-0.15, -0.1) is 0 Å². The number of hydrogen-bond donors (Lipinski definition) is 0. The van der Waals surface area contributed by atoms with Crippen LogP contribution in [0.3, 0.4) is 0 Å². The van der Waals surface area contributed by atoms with E-state index in [4.69, 9.17) is 0 Å². The summed E-state index contributed by atoms with van der Waals surface area (Å²) in [5.41, 5.74) is 4.84. The summed E-state index contributed by atoms with van der Waals surface area (Å²) in [5, 5.41) is 0. The second-order valence-corrected chi connectivity index (χ2v) is 6.95. The molecule has 0 aromatic heterocycles. The molecule has 4 nitrogen and oxygen atoms in total. The maximum Gasteiger partial charge on any atom is 0.0407 e. The van der Waals surface area contributed by atoms with Gasteiger partial charge in [-0.3, -0.25) is 9.98 Å². The fourth-order valence-corrected chi connectivity index (χ4v) is 3.31. The molecule has 0 atom stereocenters. The van der Waals surface area contributed by atoms with Crippen molar-refractivity contribution in [1.29, 1.82) is 0 Å². The van der Waals surface area contributed by atoms with E-state index in [0.717, 1.165) is 56.8 Å². The van der Waals surface area contributed by atoms with Crippen LogP contribution in [0.15, 0.2) is 58.5 Å². The van der Waals surface area contributed by atoms with Crippen LogP contribution in [0.1, 0.15) is 45.2 Å². The highest BCUT2D eigenvalue weighted by Crippen LogP contribution is 2.15. The summed E-state index contributed by atoms with van der Waals surface area (Å²) in [4.78, 5) is 13.8. The first-order valence-electron chi connectivity index (χ1n) is 10.9. The molecule has 0 radical (unpaired) electrons. The first-order valence-corrected chi connectivity index (χ1v) is 10.9. The molecule has 4 heteroatoms. The number of hydrogen-bond acceptors (Lipinski definition) is 4. The highest BCUT2D eigenvalue weighted by atomic mass is 15.1. The van der Waals surface area contributed by atoms with Gasteiger partial charge in [0.05, 0.1) is 0 Å². The standard InChI is InChI=1S/C25H36N4/c1-5-28(6-2)24-14-10-22(11-15-24)20-26-18-9-19-27-21-23-12-16-25(17-13-23)29(7-3)8-4/h10-17,20-21H,5-9,18-19H2,1-4H3. The molecule has 0 saturated heterocycles. The van der Waals surface area contributed by atoms with E-state index < -0.39 is 0 Å². The number of anilines is 2. The minimum Gasteiger partial charge on any atom is -0.372 e. The Hall–Kier alpha value is -2.62. The van der Waals surface area contributed by atoms with Crippen LogP contribution >= 0.6 is 0 Å². The van der Waals surface area contributed by atoms with Crippen LogP contribution in [0.4, 0.5) is 11.4 Å². The lowest BCUT2D eigenvalue weighted by Gasteiger charge is -2.20. The Morgan fingerprint density at radius 2 is 0.931 bits per heavy atom. The molecule has 0 fully saturated rings. The van der Waals surface area contributed by atoms with E-state index in [1.54, 1.807) is 0 Å². The van der Waals surface area contributed by atoms with Crippen molar-refractivity contribution in [2.45, 2.75) is 34.1 Å². The zero-order chi connectivity index (χ0) is 20.9. The molecule has 156 valence electrons. The number of nitrogens with zero attached hydrogens (tertiary/aromatic N) is 4. The van der Waals surface area contributed by atoms with E-state index in [0.29, 0.717) is 0 Å². The van der Waals surface area contributed by atoms with Gasteiger partial charge in [0.2, 0.25) is 0 Å². The lowest BCUT2D eigenvalue weighted by molar-refractivity contribution is 0.850. The molecule has 0 aliphatic heterocycles. The predicted octanol–water partition coefficient (Wildman–Crippen LogP) is 5.31. The normalized spacial score (nSPS) is 11.4. The van der Waals surface area contributed by atoms with Gasteiger partial charge in [0.15, 0.2) is 0 Å². The van der Waals surface area contributed by atoms with Gasteiger partial charge in [0, 0.05) is 63.1 Å². The van der Waals surface area contributed by atoms with Crippen LogP contribution in [0, 0.1) is 0 Å². The number of benzene rings is 2. The van der Waals surface area contributed by atoms with Crippen LogP contribution in [-0.4, -0.2) is 51.7 Å². The van der Waals surface area contributed by atoms with Gasteiger partial charge < -0.3 is 9.80 Å². The molecule has 0 unspecified atom stereocenters. The molecule has 0 bridgehead atoms. The Balaban J connectivity index is 1.72. The molecule has 0 aliphatic carbocycles. The molecule has 0 aliphatic rings. The molecule has 29 heavy (non-hydrogen) atoms. The van der Waals surface area contributed by atoms with E-state index in [2.05, 4.69) is 96.0 Å². The molecule has 0 amide bonds. The lowest BCUT2D eigenvalue weighted by Crippen LogP contribution is -2.21. The zero-order valence-corrected chi connectivity index (χ0v) is 18.5. The first-order chi connectivity index (χ1) is 14.2. The van der Waals surface area contributed by atoms with Gasteiger partial charge in [0.25, 0.3) is 0 Å². The second-order valence-electron chi connectivity index (χ2n) is 6.95. The summed E-state index contributed by atoms with van der Waals surface area (Å²) in [7, 11) is 0. The summed E-state index contributed by atoms with van der Waals surface area (Å²) in [6.07, 6.45) is 4.88. The fourth-order valence-electron chi connectivity index (χ4n) is 3.31. The van der Waals surface area contributed by atoms with E-state index in [9.17, 15) is 0 Å². The largest absolute Gasteiger partial charge is 0.372 e. The summed E-state index contributed by atoms with van der Waals surface area (Å²) >= 11 is 0. The Labute approximate surface area is 177 Å². The van der Waals surface area contributed by atoms with Crippen LogP contribution in [0.5, 0.6) is 0 Å². The van der Waals surface area contributed by atoms with Crippen LogP contribution in [0.25, 0.3) is 0 Å². The predicted molar refractivity (Wildman–Crippen MR) is 130 cm³/mol. The highest BCUT2D eigenvalue weighted by Gasteiger charge is 2.01. The molecule has 0 heterocycles. The van der Waals surface area contributed by atoms with Crippen LogP contribution < -0.4 is 9.80 Å². The lowest BCUT2D eigenvalue weighted by atomic mass is 10.2. The van der Waals surface area contributed by atoms with Crippen LogP contribution in [0.2, 0.25) is 0 Å². The molecule has 0 N–H and O–H groups in total. The third-order valence-corrected chi connectivity index (χ3v) is 5.10. The van der Waals surface area contributed by atoms with Gasteiger partial charge in [0.1, 0.15) is 0 Å². The molecular formula is C25H36N4. The molecule has 2 aromatic carbocycles. The quantitative estimate of drug-likeness (QED) is 0.362. The Morgan fingerprint density at radius 3 is 1.24 bits per heavy atom. The number of rotatable bonds is 12. The molecule has 2 aromatic rings. The third kappa shape index (κ3) is 7.37. The summed E-state index contributed by atoms with van der Waals surface area (Å²) < 4.78 is 0. The first kappa shape index (κ1) is 22.7. The van der Waals surface area contributed by atoms with Crippen molar-refractivity contribution < 1.29 is 0 Å². The van der Waals surface area contributed by atoms with E-state index in [-0.39, 0.29) is 0 Å². The summed E-state index contributed by atoms with van der Waals surface area (Å²) in [6.45, 7) is 14.5. The van der Waals surface area contributed by atoms with Crippen molar-refractivity contribution in [1.82, 2.24) is 0 Å². The molecule has 0 spiro atoms. The summed E-state index contributed by atoms with van der Waals surface area (Å²) in [5.74, 6) is 0. The highest BCUT2D eigenvalue weighted by molar-refractivity contribution is 5.81. The molecule has 2 rings (SSSR count). The van der Waals surface area contributed by atoms with Crippen LogP contribution in [-0.2, 0) is 0 Å². The second kappa shape index (κ2) is 12.8. The van der Waals surface area contributed by atoms with Gasteiger partial charge in [-0.05, 0) is 69.5 Å². The average molecular weight is 393 g/mol. The Morgan fingerprint density at radius 1 is 0.586 bits per heavy atom. The maximum absolute atomic E-state index is 4.53. The summed E-state index contributed by atoms with van der Waals surface area (Å²) in [6, 6.07) is 17.2. The van der Waals surface area contributed by atoms with Crippen molar-refractivity contribution in [3.05, 3.63) is 59.7 Å². The van der Waals surface area contributed by atoms with Gasteiger partial charge in [-0.2, -0.15) is 0 Å². The van der Waals surface area contributed by atoms with Crippen molar-refractivity contribution in [3.8, 4) is 0 Å². The van der Waals surface area contributed by atoms with Crippen molar-refractivity contribution in [2.24, 2.45) is 9.98 Å². The maximum atomic E-state index is 4.53. The zero-order valence-electron chi connectivity index (χ0n) is 18.5. The van der Waals surface area contributed by atoms with E-state index in [1.165, 1.54) is 11.4 Å². The van der Waals surface area contributed by atoms with Gasteiger partial charge in [-0.1, -0.05) is 24.3 Å². The van der Waals surface area contributed by atoms with Crippen molar-refractivity contribution >= 4 is 23.8 Å². The van der Waals surface area contributed by atoms with E-state index >= 15 is 0 Å².